The average Bonchev–Trinajstić information content (AvgIpc) is 3.72. The number of pyridine rings is 1. The van der Waals surface area contributed by atoms with Crippen molar-refractivity contribution in [1.82, 2.24) is 14.5 Å². The van der Waals surface area contributed by atoms with Crippen molar-refractivity contribution in [3.63, 3.8) is 0 Å². The Balaban J connectivity index is 0.000000198. The van der Waals surface area contributed by atoms with Gasteiger partial charge in [-0.2, -0.15) is 0 Å². The van der Waals surface area contributed by atoms with E-state index in [0.29, 0.717) is 16.8 Å². The van der Waals surface area contributed by atoms with E-state index in [0.717, 1.165) is 54.4 Å². The van der Waals surface area contributed by atoms with Crippen molar-refractivity contribution in [2.24, 2.45) is 5.41 Å². The van der Waals surface area contributed by atoms with Gasteiger partial charge in [0.05, 0.1) is 22.4 Å². The molecule has 0 spiro atoms. The first-order valence-corrected chi connectivity index (χ1v) is 25.4. The Morgan fingerprint density at radius 2 is 1.57 bits per heavy atom. The predicted octanol–water partition coefficient (Wildman–Crippen LogP) is 12.3. The summed E-state index contributed by atoms with van der Waals surface area (Å²) in [4.78, 5) is 9.63. The fourth-order valence-corrected chi connectivity index (χ4v) is 10.0. The summed E-state index contributed by atoms with van der Waals surface area (Å²) in [6, 6.07) is 37.9. The van der Waals surface area contributed by atoms with Crippen LogP contribution in [0.25, 0.3) is 61.3 Å². The molecule has 277 valence electrons. The third kappa shape index (κ3) is 8.05. The van der Waals surface area contributed by atoms with E-state index < -0.39 is 31.9 Å². The Labute approximate surface area is 343 Å². The van der Waals surface area contributed by atoms with E-state index in [2.05, 4.69) is 102 Å². The summed E-state index contributed by atoms with van der Waals surface area (Å²) in [5, 5.41) is 2.19. The second-order valence-electron chi connectivity index (χ2n) is 15.9. The first-order valence-electron chi connectivity index (χ1n) is 20.6. The van der Waals surface area contributed by atoms with Crippen molar-refractivity contribution in [2.45, 2.75) is 72.0 Å². The monoisotopic (exact) mass is 955 g/mol. The maximum atomic E-state index is 8.80. The van der Waals surface area contributed by atoms with Gasteiger partial charge >= 0.3 is 145 Å². The Bertz CT molecular complexity index is 2790. The fraction of sp³-hybridized carbons (Fsp3) is 0.250. The molecule has 0 aliphatic carbocycles. The molecule has 6 heteroatoms. The molecule has 0 atom stereocenters. The number of fused-ring (bicyclic) bond motifs is 4. The van der Waals surface area contributed by atoms with Gasteiger partial charge in [0, 0.05) is 31.2 Å². The van der Waals surface area contributed by atoms with Crippen LogP contribution in [-0.2, 0) is 26.5 Å². The van der Waals surface area contributed by atoms with E-state index in [-0.39, 0.29) is 25.7 Å². The van der Waals surface area contributed by atoms with Crippen LogP contribution in [0.2, 0.25) is 17.3 Å². The number of nitrogens with zero attached hydrogens (tertiary/aromatic N) is 3. The number of para-hydroxylation sites is 3. The SMILES string of the molecule is Cc1cc(C)c(-n2c(-c3[c-]ccc4c3oc3ccccc34)nc3ccccc32)c(C)c1.[2H]C([2H])([2H])c1c[c-]c(-c2cc(C([2H])([2H])C(C)(C)C)[c]([Ge]([CH3])([CH3])[CH3])cn2)cc1.[Ir]. The summed E-state index contributed by atoms with van der Waals surface area (Å²) in [5.74, 6) is 7.55. The molecule has 5 aromatic carbocycles. The molecule has 0 aliphatic rings. The summed E-state index contributed by atoms with van der Waals surface area (Å²) in [6.45, 7) is 10.0. The standard InChI is InChI=1S/C28H21N2O.C20H28GeN.Ir/c1-17-15-18(2)26(19(3)16-17)30-24-13-6-5-12-23(24)29-28(30)22-11-8-10-21-20-9-4-7-14-25(20)31-27(21)22;1-15-8-10-16(11-9-15)19-12-17(13-20(2,3)4)18(14-22-19)21(5,6)7;/h4-10,12-16H,1-3H3;8-10,12,14H,13H2,1-7H3;/q2*-1;/i;1D3,13D2;. The number of aryl methyl sites for hydroxylation is 4. The molecular formula is C48H49GeIrN3O-2. The Morgan fingerprint density at radius 1 is 0.852 bits per heavy atom. The molecule has 0 aliphatic heterocycles. The van der Waals surface area contributed by atoms with Crippen LogP contribution in [0.15, 0.2) is 108 Å². The molecule has 3 heterocycles. The molecule has 0 N–H and O–H groups in total. The molecule has 0 fully saturated rings. The number of imidazole rings is 1. The zero-order valence-corrected chi connectivity index (χ0v) is 36.9. The number of aromatic nitrogens is 3. The maximum Gasteiger partial charge on any atom is 0 e. The summed E-state index contributed by atoms with van der Waals surface area (Å²) in [5.41, 5.74) is 11.1. The number of hydrogen-bond donors (Lipinski definition) is 0. The molecule has 0 saturated heterocycles. The number of benzene rings is 5. The van der Waals surface area contributed by atoms with Gasteiger partial charge in [-0.1, -0.05) is 59.0 Å². The third-order valence-electron chi connectivity index (χ3n) is 9.29. The number of rotatable bonds is 5. The van der Waals surface area contributed by atoms with Crippen molar-refractivity contribution < 1.29 is 31.4 Å². The topological polar surface area (TPSA) is 43.9 Å². The van der Waals surface area contributed by atoms with Crippen molar-refractivity contribution in [3.8, 4) is 28.3 Å². The Hall–Kier alpha value is -4.29. The third-order valence-corrected chi connectivity index (χ3v) is 13.5. The molecule has 8 rings (SSSR count). The van der Waals surface area contributed by atoms with E-state index in [1.165, 1.54) is 22.8 Å². The molecular weight excluding hydrogens is 899 g/mol. The largest absolute Gasteiger partial charge is 0 e. The molecule has 0 unspecified atom stereocenters. The van der Waals surface area contributed by atoms with Gasteiger partial charge in [-0.15, -0.1) is 18.2 Å². The summed E-state index contributed by atoms with van der Waals surface area (Å²) in [6.07, 6.45) is 0.303. The predicted molar refractivity (Wildman–Crippen MR) is 226 cm³/mol. The number of hydrogen-bond acceptors (Lipinski definition) is 3. The molecule has 0 amide bonds. The van der Waals surface area contributed by atoms with Gasteiger partial charge in [0.15, 0.2) is 0 Å². The van der Waals surface area contributed by atoms with Crippen molar-refractivity contribution in [3.05, 3.63) is 143 Å². The van der Waals surface area contributed by atoms with Crippen molar-refractivity contribution in [1.29, 1.82) is 0 Å². The Kier molecular flexibility index (Phi) is 9.47. The summed E-state index contributed by atoms with van der Waals surface area (Å²) < 4.78 is 49.7. The smallest absolute Gasteiger partial charge is 0 e. The molecule has 1 radical (unpaired) electrons. The molecule has 3 aromatic heterocycles. The van der Waals surface area contributed by atoms with E-state index in [1.54, 1.807) is 12.1 Å². The minimum Gasteiger partial charge on any atom is 0 e. The fourth-order valence-electron chi connectivity index (χ4n) is 7.09. The number of furan rings is 1. The van der Waals surface area contributed by atoms with Crippen LogP contribution >= 0.6 is 0 Å². The van der Waals surface area contributed by atoms with Crippen LogP contribution in [0, 0.1) is 45.2 Å². The second kappa shape index (κ2) is 15.5. The summed E-state index contributed by atoms with van der Waals surface area (Å²) in [7, 11) is 0. The van der Waals surface area contributed by atoms with Crippen LogP contribution in [0.1, 0.15) is 55.4 Å². The quantitative estimate of drug-likeness (QED) is 0.128. The maximum absolute atomic E-state index is 8.80. The van der Waals surface area contributed by atoms with Crippen LogP contribution in [0.3, 0.4) is 0 Å². The normalized spacial score (nSPS) is 13.7. The van der Waals surface area contributed by atoms with E-state index >= 15 is 0 Å². The molecule has 0 saturated carbocycles. The van der Waals surface area contributed by atoms with Crippen LogP contribution in [0.4, 0.5) is 0 Å². The Morgan fingerprint density at radius 3 is 2.26 bits per heavy atom. The molecule has 54 heavy (non-hydrogen) atoms. The van der Waals surface area contributed by atoms with Crippen molar-refractivity contribution >= 4 is 50.6 Å². The zero-order chi connectivity index (χ0) is 41.9. The van der Waals surface area contributed by atoms with Gasteiger partial charge in [-0.05, 0) is 50.1 Å². The van der Waals surface area contributed by atoms with Gasteiger partial charge in [0.25, 0.3) is 0 Å². The first kappa shape index (κ1) is 33.1. The van der Waals surface area contributed by atoms with Crippen LogP contribution < -0.4 is 4.40 Å². The van der Waals surface area contributed by atoms with Crippen molar-refractivity contribution in [2.75, 3.05) is 0 Å². The van der Waals surface area contributed by atoms with Gasteiger partial charge in [-0.3, -0.25) is 4.98 Å². The second-order valence-corrected chi connectivity index (χ2v) is 26.5. The molecule has 8 aromatic rings. The minimum absolute atomic E-state index is 0. The van der Waals surface area contributed by atoms with Crippen LogP contribution in [-0.4, -0.2) is 27.8 Å². The van der Waals surface area contributed by atoms with Gasteiger partial charge < -0.3 is 8.98 Å². The molecule has 4 nitrogen and oxygen atoms in total. The van der Waals surface area contributed by atoms with Gasteiger partial charge in [0.2, 0.25) is 0 Å². The summed E-state index contributed by atoms with van der Waals surface area (Å²) >= 11 is -2.36. The van der Waals surface area contributed by atoms with E-state index in [1.807, 2.05) is 63.4 Å². The van der Waals surface area contributed by atoms with Crippen LogP contribution in [0.5, 0.6) is 0 Å². The zero-order valence-electron chi connectivity index (χ0n) is 37.4. The molecule has 0 bridgehead atoms. The first-order chi connectivity index (χ1) is 27.2. The van der Waals surface area contributed by atoms with E-state index in [4.69, 9.17) is 16.3 Å². The van der Waals surface area contributed by atoms with E-state index in [9.17, 15) is 0 Å². The average molecular weight is 954 g/mol. The minimum atomic E-state index is -2.36. The van der Waals surface area contributed by atoms with Gasteiger partial charge in [0.1, 0.15) is 5.58 Å². The van der Waals surface area contributed by atoms with Gasteiger partial charge in [-0.25, -0.2) is 0 Å².